The molecule has 3 N–H and O–H groups in total. The van der Waals surface area contributed by atoms with Crippen LogP contribution in [-0.2, 0) is 14.3 Å². The van der Waals surface area contributed by atoms with Gasteiger partial charge in [0.2, 0.25) is 0 Å². The van der Waals surface area contributed by atoms with Crippen LogP contribution < -0.4 is 10.1 Å². The predicted molar refractivity (Wildman–Crippen MR) is 106 cm³/mol. The van der Waals surface area contributed by atoms with E-state index in [0.717, 1.165) is 0 Å². The maximum absolute atomic E-state index is 12.5. The van der Waals surface area contributed by atoms with Gasteiger partial charge in [-0.25, -0.2) is 9.59 Å². The predicted octanol–water partition coefficient (Wildman–Crippen LogP) is 1.85. The Hall–Kier alpha value is -3.85. The van der Waals surface area contributed by atoms with Crippen molar-refractivity contribution in [1.82, 2.24) is 4.90 Å². The Bertz CT molecular complexity index is 999. The highest BCUT2D eigenvalue weighted by Gasteiger charge is 2.34. The van der Waals surface area contributed by atoms with Gasteiger partial charge in [-0.15, -0.1) is 0 Å². The third-order valence-corrected chi connectivity index (χ3v) is 4.42. The zero-order valence-electron chi connectivity index (χ0n) is 16.1. The Morgan fingerprint density at radius 2 is 1.83 bits per heavy atom. The van der Waals surface area contributed by atoms with E-state index in [9.17, 15) is 19.5 Å². The number of rotatable bonds is 8. The fraction of sp³-hybridized carbons (Fsp3) is 0.190. The minimum atomic E-state index is -1.10. The third-order valence-electron chi connectivity index (χ3n) is 4.42. The van der Waals surface area contributed by atoms with Crippen molar-refractivity contribution in [2.75, 3.05) is 32.1 Å². The molecule has 0 atom stereocenters. The second-order valence-electron chi connectivity index (χ2n) is 6.35. The molecule has 1 heterocycles. The van der Waals surface area contributed by atoms with Crippen molar-refractivity contribution in [2.24, 2.45) is 0 Å². The number of hydrogen-bond donors (Lipinski definition) is 3. The number of carboxylic acids is 1. The first-order valence-corrected chi connectivity index (χ1v) is 9.03. The lowest BCUT2D eigenvalue weighted by Crippen LogP contribution is -2.31. The van der Waals surface area contributed by atoms with Gasteiger partial charge in [-0.1, -0.05) is 12.1 Å². The lowest BCUT2D eigenvalue weighted by atomic mass is 10.2. The molecule has 0 radical (unpaired) electrons. The van der Waals surface area contributed by atoms with Crippen LogP contribution in [0.1, 0.15) is 10.4 Å². The first kappa shape index (κ1) is 20.9. The summed E-state index contributed by atoms with van der Waals surface area (Å²) in [5.74, 6) is -1.54. The van der Waals surface area contributed by atoms with Gasteiger partial charge in [0.1, 0.15) is 22.8 Å². The molecule has 1 amide bonds. The maximum atomic E-state index is 12.5. The van der Waals surface area contributed by atoms with Crippen LogP contribution in [0.25, 0.3) is 0 Å². The van der Waals surface area contributed by atoms with Crippen LogP contribution in [-0.4, -0.2) is 59.8 Å². The highest BCUT2D eigenvalue weighted by molar-refractivity contribution is 6.08. The van der Waals surface area contributed by atoms with E-state index >= 15 is 0 Å². The average Bonchev–Trinajstić information content (AvgIpc) is 3.05. The van der Waals surface area contributed by atoms with Gasteiger partial charge >= 0.3 is 11.9 Å². The molecule has 9 heteroatoms. The number of esters is 1. The van der Waals surface area contributed by atoms with Crippen molar-refractivity contribution in [2.45, 2.75) is 0 Å². The lowest BCUT2D eigenvalue weighted by Gasteiger charge is -2.15. The number of ether oxygens (including phenoxy) is 2. The van der Waals surface area contributed by atoms with Crippen molar-refractivity contribution in [3.05, 3.63) is 65.4 Å². The van der Waals surface area contributed by atoms with Crippen LogP contribution in [0.4, 0.5) is 5.69 Å². The number of aromatic carboxylic acids is 1. The Morgan fingerprint density at radius 1 is 1.13 bits per heavy atom. The molecule has 3 rings (SSSR count). The number of carbonyl (C=O) groups excluding carboxylic acids is 2. The minimum Gasteiger partial charge on any atom is -0.478 e. The van der Waals surface area contributed by atoms with E-state index in [0.29, 0.717) is 11.4 Å². The van der Waals surface area contributed by atoms with Gasteiger partial charge < -0.3 is 29.9 Å². The number of aliphatic hydroxyl groups excluding tert-OH is 1. The minimum absolute atomic E-state index is 0.0353. The average molecular weight is 412 g/mol. The number of amides is 1. The highest BCUT2D eigenvalue weighted by atomic mass is 16.5. The number of β-amino-alcohol motifs (C(OH)–C–C–N with tert-alkyl or cyclic N) is 1. The lowest BCUT2D eigenvalue weighted by molar-refractivity contribution is -0.136. The number of nitrogens with one attached hydrogen (secondary N) is 1. The quantitative estimate of drug-likeness (QED) is 0.561. The SMILES string of the molecule is COC(=O)C1=C(Nc2ccc(Oc3ccccc3C(=O)O)cc2)C(=O)N(CCO)C1. The molecule has 0 saturated carbocycles. The van der Waals surface area contributed by atoms with Crippen molar-refractivity contribution in [1.29, 1.82) is 0 Å². The number of nitrogens with zero attached hydrogens (tertiary/aromatic N) is 1. The Morgan fingerprint density at radius 3 is 2.47 bits per heavy atom. The van der Waals surface area contributed by atoms with E-state index in [1.54, 1.807) is 42.5 Å². The van der Waals surface area contributed by atoms with Crippen LogP contribution in [0.5, 0.6) is 11.5 Å². The molecule has 2 aromatic rings. The molecule has 9 nitrogen and oxygen atoms in total. The molecule has 0 bridgehead atoms. The Balaban J connectivity index is 1.78. The summed E-state index contributed by atoms with van der Waals surface area (Å²) in [5.41, 5.74) is 0.810. The van der Waals surface area contributed by atoms with Crippen molar-refractivity contribution < 1.29 is 34.1 Å². The van der Waals surface area contributed by atoms with Crippen molar-refractivity contribution in [3.63, 3.8) is 0 Å². The summed E-state index contributed by atoms with van der Waals surface area (Å²) in [5, 5.41) is 21.3. The number of aliphatic hydroxyl groups is 1. The molecule has 2 aromatic carbocycles. The summed E-state index contributed by atoms with van der Waals surface area (Å²) in [6.45, 7) is -0.0842. The monoisotopic (exact) mass is 412 g/mol. The molecule has 0 saturated heterocycles. The van der Waals surface area contributed by atoms with Crippen LogP contribution in [0.2, 0.25) is 0 Å². The van der Waals surface area contributed by atoms with Crippen LogP contribution in [0.3, 0.4) is 0 Å². The summed E-state index contributed by atoms with van der Waals surface area (Å²) in [6.07, 6.45) is 0. The topological polar surface area (TPSA) is 125 Å². The molecular weight excluding hydrogens is 392 g/mol. The van der Waals surface area contributed by atoms with E-state index in [-0.39, 0.29) is 42.3 Å². The number of methoxy groups -OCH3 is 1. The number of anilines is 1. The second kappa shape index (κ2) is 9.10. The molecule has 1 aliphatic rings. The van der Waals surface area contributed by atoms with Gasteiger partial charge in [-0.2, -0.15) is 0 Å². The molecule has 0 fully saturated rings. The summed E-state index contributed by atoms with van der Waals surface area (Å²) >= 11 is 0. The molecular formula is C21H20N2O7. The van der Waals surface area contributed by atoms with Gasteiger partial charge in [0.15, 0.2) is 0 Å². The second-order valence-corrected chi connectivity index (χ2v) is 6.35. The standard InChI is InChI=1S/C21H20N2O7/c1-29-21(28)16-12-23(10-11-24)19(25)18(16)22-13-6-8-14(9-7-13)30-17-5-3-2-4-15(17)20(26)27/h2-9,22,24H,10-12H2,1H3,(H,26,27). The fourth-order valence-corrected chi connectivity index (χ4v) is 2.96. The molecule has 156 valence electrons. The number of carboxylic acid groups (broad SMARTS) is 1. The van der Waals surface area contributed by atoms with Gasteiger partial charge in [-0.3, -0.25) is 4.79 Å². The molecule has 30 heavy (non-hydrogen) atoms. The number of benzene rings is 2. The third kappa shape index (κ3) is 4.41. The van der Waals surface area contributed by atoms with Gasteiger partial charge in [-0.05, 0) is 36.4 Å². The van der Waals surface area contributed by atoms with Crippen molar-refractivity contribution in [3.8, 4) is 11.5 Å². The van der Waals surface area contributed by atoms with Crippen LogP contribution in [0.15, 0.2) is 59.8 Å². The zero-order chi connectivity index (χ0) is 21.7. The normalized spacial score (nSPS) is 13.4. The number of hydrogen-bond acceptors (Lipinski definition) is 7. The highest BCUT2D eigenvalue weighted by Crippen LogP contribution is 2.28. The van der Waals surface area contributed by atoms with E-state index < -0.39 is 17.8 Å². The largest absolute Gasteiger partial charge is 0.478 e. The van der Waals surface area contributed by atoms with E-state index in [4.69, 9.17) is 14.6 Å². The summed E-state index contributed by atoms with van der Waals surface area (Å²) in [6, 6.07) is 12.7. The Labute approximate surface area is 172 Å². The molecule has 1 aliphatic heterocycles. The number of para-hydroxylation sites is 1. The van der Waals surface area contributed by atoms with Crippen LogP contribution in [0, 0.1) is 0 Å². The van der Waals surface area contributed by atoms with E-state index in [2.05, 4.69) is 5.32 Å². The summed E-state index contributed by atoms with van der Waals surface area (Å²) in [4.78, 5) is 37.2. The molecule has 0 spiro atoms. The fourth-order valence-electron chi connectivity index (χ4n) is 2.96. The van der Waals surface area contributed by atoms with Crippen LogP contribution >= 0.6 is 0 Å². The van der Waals surface area contributed by atoms with Gasteiger partial charge in [0.05, 0.1) is 25.8 Å². The smallest absolute Gasteiger partial charge is 0.339 e. The van der Waals surface area contributed by atoms with Gasteiger partial charge in [0, 0.05) is 12.2 Å². The molecule has 0 unspecified atom stereocenters. The molecule has 0 aromatic heterocycles. The van der Waals surface area contributed by atoms with Crippen molar-refractivity contribution >= 4 is 23.5 Å². The maximum Gasteiger partial charge on any atom is 0.339 e. The molecule has 0 aliphatic carbocycles. The number of carbonyl (C=O) groups is 3. The van der Waals surface area contributed by atoms with E-state index in [1.165, 1.54) is 18.1 Å². The Kier molecular flexibility index (Phi) is 6.33. The van der Waals surface area contributed by atoms with E-state index in [1.807, 2.05) is 0 Å². The summed E-state index contributed by atoms with van der Waals surface area (Å²) < 4.78 is 10.4. The first-order chi connectivity index (χ1) is 14.4. The zero-order valence-corrected chi connectivity index (χ0v) is 16.1. The summed E-state index contributed by atoms with van der Waals surface area (Å²) in [7, 11) is 1.23. The first-order valence-electron chi connectivity index (χ1n) is 9.03. The van der Waals surface area contributed by atoms with Gasteiger partial charge in [0.25, 0.3) is 5.91 Å².